The van der Waals surface area contributed by atoms with Crippen LogP contribution < -0.4 is 10.6 Å². The van der Waals surface area contributed by atoms with E-state index in [4.69, 9.17) is 0 Å². The molecular weight excluding hydrogens is 262 g/mol. The number of amides is 1. The molecule has 1 amide bonds. The fourth-order valence-electron chi connectivity index (χ4n) is 2.73. The van der Waals surface area contributed by atoms with E-state index in [0.717, 1.165) is 26.2 Å². The van der Waals surface area contributed by atoms with Gasteiger partial charge in [0, 0.05) is 32.7 Å². The van der Waals surface area contributed by atoms with Crippen LogP contribution in [0.25, 0.3) is 0 Å². The molecule has 2 rings (SSSR count). The summed E-state index contributed by atoms with van der Waals surface area (Å²) in [6.07, 6.45) is 0. The Morgan fingerprint density at radius 3 is 2.52 bits per heavy atom. The predicted octanol–water partition coefficient (Wildman–Crippen LogP) is 1.59. The number of carbonyl (C=O) groups excluding carboxylic acids is 1. The highest BCUT2D eigenvalue weighted by Crippen LogP contribution is 2.17. The third kappa shape index (κ3) is 4.05. The van der Waals surface area contributed by atoms with Crippen molar-refractivity contribution in [2.45, 2.75) is 32.2 Å². The Bertz CT molecular complexity index is 452. The van der Waals surface area contributed by atoms with Gasteiger partial charge < -0.3 is 10.6 Å². The van der Waals surface area contributed by atoms with Crippen LogP contribution in [0.5, 0.6) is 0 Å². The summed E-state index contributed by atoms with van der Waals surface area (Å²) in [6.45, 7) is 10.6. The SMILES string of the molecule is CC(CNC(=O)C(C)(C)N1CCNCC1)c1ccccc1. The molecule has 0 aromatic heterocycles. The van der Waals surface area contributed by atoms with Gasteiger partial charge in [0.25, 0.3) is 0 Å². The minimum atomic E-state index is -0.446. The first kappa shape index (κ1) is 16.0. The average molecular weight is 289 g/mol. The number of rotatable bonds is 5. The van der Waals surface area contributed by atoms with Crippen LogP contribution in [0.2, 0.25) is 0 Å². The van der Waals surface area contributed by atoms with Gasteiger partial charge in [-0.25, -0.2) is 0 Å². The fraction of sp³-hybridized carbons (Fsp3) is 0.588. The highest BCUT2D eigenvalue weighted by atomic mass is 16.2. The Kier molecular flexibility index (Phi) is 5.37. The number of hydrogen-bond acceptors (Lipinski definition) is 3. The summed E-state index contributed by atoms with van der Waals surface area (Å²) in [5.41, 5.74) is 0.816. The molecule has 4 nitrogen and oxygen atoms in total. The van der Waals surface area contributed by atoms with Gasteiger partial charge in [0.1, 0.15) is 0 Å². The molecule has 116 valence electrons. The summed E-state index contributed by atoms with van der Waals surface area (Å²) < 4.78 is 0. The lowest BCUT2D eigenvalue weighted by atomic mass is 9.98. The minimum Gasteiger partial charge on any atom is -0.354 e. The van der Waals surface area contributed by atoms with Crippen LogP contribution in [0.4, 0.5) is 0 Å². The molecule has 21 heavy (non-hydrogen) atoms. The van der Waals surface area contributed by atoms with E-state index < -0.39 is 5.54 Å². The van der Waals surface area contributed by atoms with Crippen molar-refractivity contribution in [3.05, 3.63) is 35.9 Å². The van der Waals surface area contributed by atoms with E-state index in [1.165, 1.54) is 5.56 Å². The molecule has 0 bridgehead atoms. The van der Waals surface area contributed by atoms with Crippen molar-refractivity contribution in [2.24, 2.45) is 0 Å². The smallest absolute Gasteiger partial charge is 0.239 e. The molecule has 0 saturated carbocycles. The molecule has 1 aromatic rings. The number of carbonyl (C=O) groups is 1. The van der Waals surface area contributed by atoms with Gasteiger partial charge in [0.15, 0.2) is 0 Å². The van der Waals surface area contributed by atoms with Gasteiger partial charge in [-0.3, -0.25) is 9.69 Å². The van der Waals surface area contributed by atoms with Crippen molar-refractivity contribution in [3.63, 3.8) is 0 Å². The zero-order chi connectivity index (χ0) is 15.3. The van der Waals surface area contributed by atoms with Gasteiger partial charge in [0.05, 0.1) is 5.54 Å². The molecule has 1 unspecified atom stereocenters. The summed E-state index contributed by atoms with van der Waals surface area (Å²) in [5.74, 6) is 0.446. The van der Waals surface area contributed by atoms with Crippen LogP contribution in [0.15, 0.2) is 30.3 Å². The first-order valence-electron chi connectivity index (χ1n) is 7.81. The highest BCUT2D eigenvalue weighted by Gasteiger charge is 2.34. The zero-order valence-corrected chi connectivity index (χ0v) is 13.4. The van der Waals surface area contributed by atoms with Crippen molar-refractivity contribution in [1.82, 2.24) is 15.5 Å². The molecule has 4 heteroatoms. The van der Waals surface area contributed by atoms with Crippen LogP contribution in [-0.2, 0) is 4.79 Å². The first-order chi connectivity index (χ1) is 10.0. The van der Waals surface area contributed by atoms with E-state index in [9.17, 15) is 4.79 Å². The van der Waals surface area contributed by atoms with Crippen LogP contribution in [0.1, 0.15) is 32.3 Å². The topological polar surface area (TPSA) is 44.4 Å². The van der Waals surface area contributed by atoms with E-state index in [1.54, 1.807) is 0 Å². The van der Waals surface area contributed by atoms with Gasteiger partial charge >= 0.3 is 0 Å². The monoisotopic (exact) mass is 289 g/mol. The average Bonchev–Trinajstić information content (AvgIpc) is 2.53. The second-order valence-electron chi connectivity index (χ2n) is 6.32. The largest absolute Gasteiger partial charge is 0.354 e. The van der Waals surface area contributed by atoms with Crippen molar-refractivity contribution in [1.29, 1.82) is 0 Å². The lowest BCUT2D eigenvalue weighted by Gasteiger charge is -2.40. The highest BCUT2D eigenvalue weighted by molar-refractivity contribution is 5.85. The Morgan fingerprint density at radius 1 is 1.29 bits per heavy atom. The lowest BCUT2D eigenvalue weighted by Crippen LogP contribution is -2.60. The Hall–Kier alpha value is -1.39. The van der Waals surface area contributed by atoms with E-state index in [0.29, 0.717) is 12.5 Å². The number of nitrogens with one attached hydrogen (secondary N) is 2. The first-order valence-corrected chi connectivity index (χ1v) is 7.81. The van der Waals surface area contributed by atoms with Crippen molar-refractivity contribution >= 4 is 5.91 Å². The van der Waals surface area contributed by atoms with E-state index in [1.807, 2.05) is 32.0 Å². The van der Waals surface area contributed by atoms with Gasteiger partial charge in [0.2, 0.25) is 5.91 Å². The summed E-state index contributed by atoms with van der Waals surface area (Å²) in [5, 5.41) is 6.44. The predicted molar refractivity (Wildman–Crippen MR) is 86.4 cm³/mol. The Morgan fingerprint density at radius 2 is 1.90 bits per heavy atom. The van der Waals surface area contributed by atoms with Crippen LogP contribution >= 0.6 is 0 Å². The van der Waals surface area contributed by atoms with Crippen LogP contribution in [0.3, 0.4) is 0 Å². The second kappa shape index (κ2) is 7.05. The van der Waals surface area contributed by atoms with Gasteiger partial charge in [-0.05, 0) is 25.3 Å². The maximum Gasteiger partial charge on any atom is 0.239 e. The number of hydrogen-bond donors (Lipinski definition) is 2. The standard InChI is InChI=1S/C17H27N3O/c1-14(15-7-5-4-6-8-15)13-19-16(21)17(2,3)20-11-9-18-10-12-20/h4-8,14,18H,9-13H2,1-3H3,(H,19,21). The summed E-state index contributed by atoms with van der Waals surface area (Å²) in [7, 11) is 0. The molecule has 1 heterocycles. The lowest BCUT2D eigenvalue weighted by molar-refractivity contribution is -0.132. The van der Waals surface area contributed by atoms with E-state index in [-0.39, 0.29) is 5.91 Å². The fourth-order valence-corrected chi connectivity index (χ4v) is 2.73. The quantitative estimate of drug-likeness (QED) is 0.865. The molecule has 1 aromatic carbocycles. The maximum atomic E-state index is 12.5. The van der Waals surface area contributed by atoms with Gasteiger partial charge in [-0.1, -0.05) is 37.3 Å². The van der Waals surface area contributed by atoms with Crippen molar-refractivity contribution in [3.8, 4) is 0 Å². The molecule has 2 N–H and O–H groups in total. The summed E-state index contributed by atoms with van der Waals surface area (Å²) in [6, 6.07) is 10.3. The van der Waals surface area contributed by atoms with E-state index >= 15 is 0 Å². The van der Waals surface area contributed by atoms with Gasteiger partial charge in [-0.15, -0.1) is 0 Å². The zero-order valence-electron chi connectivity index (χ0n) is 13.4. The van der Waals surface area contributed by atoms with E-state index in [2.05, 4.69) is 34.6 Å². The maximum absolute atomic E-state index is 12.5. The molecule has 1 saturated heterocycles. The Labute approximate surface area is 127 Å². The molecule has 1 aliphatic rings. The number of nitrogens with zero attached hydrogens (tertiary/aromatic N) is 1. The van der Waals surface area contributed by atoms with Gasteiger partial charge in [-0.2, -0.15) is 0 Å². The second-order valence-corrected chi connectivity index (χ2v) is 6.32. The van der Waals surface area contributed by atoms with Crippen molar-refractivity contribution < 1.29 is 4.79 Å². The van der Waals surface area contributed by atoms with Crippen LogP contribution in [-0.4, -0.2) is 49.1 Å². The molecule has 0 radical (unpaired) electrons. The molecular formula is C17H27N3O. The Balaban J connectivity index is 1.88. The number of piperazine rings is 1. The molecule has 0 spiro atoms. The molecule has 1 atom stereocenters. The third-order valence-corrected chi connectivity index (χ3v) is 4.40. The normalized spacial score (nSPS) is 18.2. The third-order valence-electron chi connectivity index (χ3n) is 4.40. The summed E-state index contributed by atoms with van der Waals surface area (Å²) in [4.78, 5) is 14.8. The van der Waals surface area contributed by atoms with Crippen molar-refractivity contribution in [2.75, 3.05) is 32.7 Å². The molecule has 0 aliphatic carbocycles. The molecule has 1 aliphatic heterocycles. The minimum absolute atomic E-state index is 0.118. The number of benzene rings is 1. The molecule has 1 fully saturated rings. The van der Waals surface area contributed by atoms with Crippen LogP contribution in [0, 0.1) is 0 Å². The summed E-state index contributed by atoms with van der Waals surface area (Å²) >= 11 is 0.